The molecular weight excluding hydrogens is 304 g/mol. The van der Waals surface area contributed by atoms with Crippen molar-refractivity contribution in [2.24, 2.45) is 0 Å². The third-order valence-electron chi connectivity index (χ3n) is 3.66. The number of benzene rings is 2. The Kier molecular flexibility index (Phi) is 6.51. The van der Waals surface area contributed by atoms with Crippen LogP contribution in [-0.4, -0.2) is 29.6 Å². The molecule has 5 nitrogen and oxygen atoms in total. The molecular formula is C19H22N2O3. The van der Waals surface area contributed by atoms with E-state index in [1.165, 1.54) is 0 Å². The van der Waals surface area contributed by atoms with Gasteiger partial charge in [0.2, 0.25) is 5.91 Å². The first-order valence-electron chi connectivity index (χ1n) is 7.94. The van der Waals surface area contributed by atoms with Crippen LogP contribution >= 0.6 is 0 Å². The van der Waals surface area contributed by atoms with Gasteiger partial charge in [0.15, 0.2) is 0 Å². The molecule has 126 valence electrons. The third kappa shape index (κ3) is 4.93. The highest BCUT2D eigenvalue weighted by Gasteiger charge is 2.24. The van der Waals surface area contributed by atoms with Crippen molar-refractivity contribution in [1.82, 2.24) is 10.6 Å². The summed E-state index contributed by atoms with van der Waals surface area (Å²) >= 11 is 0. The van der Waals surface area contributed by atoms with Crippen molar-refractivity contribution in [3.63, 3.8) is 0 Å². The van der Waals surface area contributed by atoms with Crippen LogP contribution in [0.5, 0.6) is 0 Å². The molecule has 0 aliphatic carbocycles. The molecule has 0 heterocycles. The van der Waals surface area contributed by atoms with Crippen LogP contribution in [0.2, 0.25) is 0 Å². The summed E-state index contributed by atoms with van der Waals surface area (Å²) in [5.74, 6) is -0.610. The smallest absolute Gasteiger partial charge is 0.252 e. The summed E-state index contributed by atoms with van der Waals surface area (Å²) in [6.45, 7) is 1.81. The van der Waals surface area contributed by atoms with Gasteiger partial charge in [-0.15, -0.1) is 0 Å². The maximum absolute atomic E-state index is 12.6. The van der Waals surface area contributed by atoms with E-state index in [-0.39, 0.29) is 24.5 Å². The number of amides is 2. The van der Waals surface area contributed by atoms with Gasteiger partial charge in [-0.2, -0.15) is 0 Å². The monoisotopic (exact) mass is 326 g/mol. The molecule has 2 rings (SSSR count). The van der Waals surface area contributed by atoms with Crippen LogP contribution in [-0.2, 0) is 4.79 Å². The molecule has 2 atom stereocenters. The predicted molar refractivity (Wildman–Crippen MR) is 92.4 cm³/mol. The molecule has 2 unspecified atom stereocenters. The Bertz CT molecular complexity index is 659. The largest absolute Gasteiger partial charge is 0.396 e. The van der Waals surface area contributed by atoms with E-state index in [9.17, 15) is 9.59 Å². The van der Waals surface area contributed by atoms with Crippen molar-refractivity contribution in [2.45, 2.75) is 25.4 Å². The molecule has 0 aliphatic rings. The van der Waals surface area contributed by atoms with Crippen LogP contribution in [0, 0.1) is 0 Å². The Morgan fingerprint density at radius 2 is 1.54 bits per heavy atom. The van der Waals surface area contributed by atoms with Crippen LogP contribution in [0.3, 0.4) is 0 Å². The van der Waals surface area contributed by atoms with E-state index in [0.717, 1.165) is 0 Å². The Morgan fingerprint density at radius 1 is 0.958 bits per heavy atom. The Morgan fingerprint density at radius 3 is 2.12 bits per heavy atom. The van der Waals surface area contributed by atoms with Crippen LogP contribution in [0.4, 0.5) is 0 Å². The second-order valence-corrected chi connectivity index (χ2v) is 5.61. The number of nitrogens with one attached hydrogen (secondary N) is 2. The number of aliphatic hydroxyl groups excluding tert-OH is 1. The highest BCUT2D eigenvalue weighted by Crippen LogP contribution is 2.14. The highest BCUT2D eigenvalue weighted by atomic mass is 16.3. The van der Waals surface area contributed by atoms with Crippen LogP contribution < -0.4 is 10.6 Å². The van der Waals surface area contributed by atoms with E-state index < -0.39 is 6.04 Å². The quantitative estimate of drug-likeness (QED) is 0.728. The number of carbonyl (C=O) groups excluding carboxylic acids is 2. The molecule has 0 aliphatic heterocycles. The van der Waals surface area contributed by atoms with Gasteiger partial charge in [-0.3, -0.25) is 9.59 Å². The fourth-order valence-corrected chi connectivity index (χ4v) is 2.34. The molecule has 5 heteroatoms. The van der Waals surface area contributed by atoms with Crippen LogP contribution in [0.15, 0.2) is 60.7 Å². The fraction of sp³-hybridized carbons (Fsp3) is 0.263. The van der Waals surface area contributed by atoms with E-state index >= 15 is 0 Å². The highest BCUT2D eigenvalue weighted by molar-refractivity contribution is 5.97. The van der Waals surface area contributed by atoms with E-state index in [0.29, 0.717) is 17.5 Å². The van der Waals surface area contributed by atoms with Crippen molar-refractivity contribution < 1.29 is 14.7 Å². The molecule has 0 saturated carbocycles. The zero-order chi connectivity index (χ0) is 17.4. The van der Waals surface area contributed by atoms with Gasteiger partial charge < -0.3 is 15.7 Å². The normalized spacial score (nSPS) is 12.9. The van der Waals surface area contributed by atoms with Gasteiger partial charge in [0.25, 0.3) is 5.91 Å². The standard InChI is InChI=1S/C19H22N2O3/c1-14(12-13-22)20-19(24)17(15-8-4-2-5-9-15)21-18(23)16-10-6-3-7-11-16/h2-11,14,17,22H,12-13H2,1H3,(H,20,24)(H,21,23). The van der Waals surface area contributed by atoms with E-state index in [2.05, 4.69) is 10.6 Å². The predicted octanol–water partition coefficient (Wildman–Crippen LogP) is 2.04. The molecule has 0 saturated heterocycles. The minimum Gasteiger partial charge on any atom is -0.396 e. The summed E-state index contributed by atoms with van der Waals surface area (Å²) < 4.78 is 0. The maximum atomic E-state index is 12.6. The SMILES string of the molecule is CC(CCO)NC(=O)C(NC(=O)c1ccccc1)c1ccccc1. The Labute approximate surface area is 141 Å². The topological polar surface area (TPSA) is 78.4 Å². The average molecular weight is 326 g/mol. The second-order valence-electron chi connectivity index (χ2n) is 5.61. The second kappa shape index (κ2) is 8.84. The molecule has 3 N–H and O–H groups in total. The summed E-state index contributed by atoms with van der Waals surface area (Å²) in [6.07, 6.45) is 0.458. The molecule has 24 heavy (non-hydrogen) atoms. The summed E-state index contributed by atoms with van der Waals surface area (Å²) in [6, 6.07) is 16.9. The molecule has 0 bridgehead atoms. The van der Waals surface area contributed by atoms with Crippen molar-refractivity contribution in [2.75, 3.05) is 6.61 Å². The lowest BCUT2D eigenvalue weighted by atomic mass is 10.0. The molecule has 2 aromatic rings. The van der Waals surface area contributed by atoms with Crippen LogP contribution in [0.25, 0.3) is 0 Å². The number of aliphatic hydroxyl groups is 1. The van der Waals surface area contributed by atoms with Crippen molar-refractivity contribution in [1.29, 1.82) is 0 Å². The first-order chi connectivity index (χ1) is 11.6. The zero-order valence-electron chi connectivity index (χ0n) is 13.6. The van der Waals surface area contributed by atoms with E-state index in [1.54, 1.807) is 36.4 Å². The number of hydrogen-bond donors (Lipinski definition) is 3. The van der Waals surface area contributed by atoms with Gasteiger partial charge in [0.05, 0.1) is 0 Å². The Hall–Kier alpha value is -2.66. The summed E-state index contributed by atoms with van der Waals surface area (Å²) in [4.78, 5) is 25.0. The lowest BCUT2D eigenvalue weighted by molar-refractivity contribution is -0.123. The molecule has 2 aromatic carbocycles. The third-order valence-corrected chi connectivity index (χ3v) is 3.66. The van der Waals surface area contributed by atoms with Gasteiger partial charge in [0, 0.05) is 18.2 Å². The van der Waals surface area contributed by atoms with Gasteiger partial charge in [-0.05, 0) is 31.0 Å². The van der Waals surface area contributed by atoms with Crippen molar-refractivity contribution in [3.8, 4) is 0 Å². The zero-order valence-corrected chi connectivity index (χ0v) is 13.6. The summed E-state index contributed by atoms with van der Waals surface area (Å²) in [5.41, 5.74) is 1.20. The Balaban J connectivity index is 2.17. The van der Waals surface area contributed by atoms with Gasteiger partial charge >= 0.3 is 0 Å². The minimum absolute atomic E-state index is 0.00613. The number of rotatable bonds is 7. The van der Waals surface area contributed by atoms with Gasteiger partial charge in [-0.25, -0.2) is 0 Å². The fourth-order valence-electron chi connectivity index (χ4n) is 2.34. The summed E-state index contributed by atoms with van der Waals surface area (Å²) in [7, 11) is 0. The molecule has 2 amide bonds. The van der Waals surface area contributed by atoms with E-state index in [4.69, 9.17) is 5.11 Å². The van der Waals surface area contributed by atoms with Crippen LogP contribution in [0.1, 0.15) is 35.3 Å². The minimum atomic E-state index is -0.792. The molecule has 0 radical (unpaired) electrons. The number of carbonyl (C=O) groups is 2. The molecule has 0 spiro atoms. The molecule has 0 fully saturated rings. The van der Waals surface area contributed by atoms with Gasteiger partial charge in [-0.1, -0.05) is 48.5 Å². The maximum Gasteiger partial charge on any atom is 0.252 e. The number of hydrogen-bond acceptors (Lipinski definition) is 3. The van der Waals surface area contributed by atoms with Gasteiger partial charge in [0.1, 0.15) is 6.04 Å². The van der Waals surface area contributed by atoms with Crippen molar-refractivity contribution in [3.05, 3.63) is 71.8 Å². The lowest BCUT2D eigenvalue weighted by Gasteiger charge is -2.21. The first-order valence-corrected chi connectivity index (χ1v) is 7.94. The van der Waals surface area contributed by atoms with E-state index in [1.807, 2.05) is 31.2 Å². The molecule has 0 aromatic heterocycles. The van der Waals surface area contributed by atoms with Crippen molar-refractivity contribution >= 4 is 11.8 Å². The lowest BCUT2D eigenvalue weighted by Crippen LogP contribution is -2.43. The average Bonchev–Trinajstić information content (AvgIpc) is 2.61. The summed E-state index contributed by atoms with van der Waals surface area (Å²) in [5, 5.41) is 14.6. The first kappa shape index (κ1) is 17.7.